The van der Waals surface area contributed by atoms with E-state index in [0.717, 1.165) is 25.2 Å². The lowest BCUT2D eigenvalue weighted by atomic mass is 9.89. The highest BCUT2D eigenvalue weighted by atomic mass is 35.5. The van der Waals surface area contributed by atoms with Gasteiger partial charge in [-0.15, -0.1) is 4.98 Å². The molecule has 0 atom stereocenters. The first-order valence-electron chi connectivity index (χ1n) is 6.88. The average molecular weight is 286 g/mol. The summed E-state index contributed by atoms with van der Waals surface area (Å²) in [7, 11) is 0. The van der Waals surface area contributed by atoms with Gasteiger partial charge in [-0.3, -0.25) is 0 Å². The van der Waals surface area contributed by atoms with E-state index in [1.165, 1.54) is 12.8 Å². The molecule has 0 amide bonds. The van der Waals surface area contributed by atoms with Gasteiger partial charge in [0.05, 0.1) is 6.61 Å². The molecule has 0 N–H and O–H groups in total. The van der Waals surface area contributed by atoms with Gasteiger partial charge >= 0.3 is 12.0 Å². The molecule has 0 spiro atoms. The van der Waals surface area contributed by atoms with E-state index in [0.29, 0.717) is 6.61 Å². The Bertz CT molecular complexity index is 409. The van der Waals surface area contributed by atoms with Crippen LogP contribution in [0.15, 0.2) is 0 Å². The SMILES string of the molecule is CCCOc1nc(Cl)nc(OC2CCC(C)CC2)n1. The monoisotopic (exact) mass is 285 g/mol. The molecule has 1 aromatic rings. The molecule has 1 aliphatic carbocycles. The molecule has 2 rings (SSSR count). The summed E-state index contributed by atoms with van der Waals surface area (Å²) in [6.07, 6.45) is 5.50. The van der Waals surface area contributed by atoms with Crippen LogP contribution < -0.4 is 9.47 Å². The van der Waals surface area contributed by atoms with E-state index < -0.39 is 0 Å². The fourth-order valence-corrected chi connectivity index (χ4v) is 2.27. The van der Waals surface area contributed by atoms with Crippen LogP contribution in [0.4, 0.5) is 0 Å². The fourth-order valence-electron chi connectivity index (χ4n) is 2.12. The highest BCUT2D eigenvalue weighted by Gasteiger charge is 2.21. The Balaban J connectivity index is 1.97. The number of hydrogen-bond acceptors (Lipinski definition) is 5. The van der Waals surface area contributed by atoms with Crippen molar-refractivity contribution in [2.24, 2.45) is 5.92 Å². The van der Waals surface area contributed by atoms with E-state index in [4.69, 9.17) is 21.1 Å². The van der Waals surface area contributed by atoms with Gasteiger partial charge in [-0.05, 0) is 49.6 Å². The summed E-state index contributed by atoms with van der Waals surface area (Å²) < 4.78 is 11.1. The number of hydrogen-bond donors (Lipinski definition) is 0. The van der Waals surface area contributed by atoms with E-state index in [-0.39, 0.29) is 23.4 Å². The zero-order chi connectivity index (χ0) is 13.7. The minimum atomic E-state index is 0.111. The van der Waals surface area contributed by atoms with Crippen molar-refractivity contribution in [3.8, 4) is 12.0 Å². The molecule has 0 aliphatic heterocycles. The van der Waals surface area contributed by atoms with Gasteiger partial charge in [0.2, 0.25) is 5.28 Å². The Hall–Kier alpha value is -1.10. The molecular formula is C13H20ClN3O2. The second-order valence-corrected chi connectivity index (χ2v) is 5.36. The standard InChI is InChI=1S/C13H20ClN3O2/c1-3-8-18-12-15-11(14)16-13(17-12)19-10-6-4-9(2)5-7-10/h9-10H,3-8H2,1-2H3. The Kier molecular flexibility index (Phi) is 5.19. The third-order valence-corrected chi connectivity index (χ3v) is 3.41. The summed E-state index contributed by atoms with van der Waals surface area (Å²) in [6, 6.07) is 0.506. The van der Waals surface area contributed by atoms with Crippen LogP contribution in [0.5, 0.6) is 12.0 Å². The lowest BCUT2D eigenvalue weighted by molar-refractivity contribution is 0.122. The number of rotatable bonds is 5. The minimum Gasteiger partial charge on any atom is -0.463 e. The van der Waals surface area contributed by atoms with Crippen LogP contribution in [-0.2, 0) is 0 Å². The Morgan fingerprint density at radius 2 is 1.79 bits per heavy atom. The van der Waals surface area contributed by atoms with Crippen LogP contribution >= 0.6 is 11.6 Å². The number of halogens is 1. The second kappa shape index (κ2) is 6.89. The average Bonchev–Trinajstić information content (AvgIpc) is 2.38. The van der Waals surface area contributed by atoms with Gasteiger partial charge in [-0.2, -0.15) is 9.97 Å². The molecule has 0 aromatic carbocycles. The number of ether oxygens (including phenoxy) is 2. The normalized spacial score (nSPS) is 23.1. The Labute approximate surface area is 118 Å². The predicted molar refractivity (Wildman–Crippen MR) is 72.7 cm³/mol. The van der Waals surface area contributed by atoms with Crippen molar-refractivity contribution in [2.45, 2.75) is 52.1 Å². The van der Waals surface area contributed by atoms with Crippen LogP contribution in [0.25, 0.3) is 0 Å². The van der Waals surface area contributed by atoms with Crippen molar-refractivity contribution in [2.75, 3.05) is 6.61 Å². The molecule has 5 nitrogen and oxygen atoms in total. The van der Waals surface area contributed by atoms with Crippen LogP contribution in [0.3, 0.4) is 0 Å². The van der Waals surface area contributed by atoms with E-state index in [1.54, 1.807) is 0 Å². The molecule has 1 saturated carbocycles. The van der Waals surface area contributed by atoms with Gasteiger partial charge in [-0.1, -0.05) is 13.8 Å². The molecule has 1 fully saturated rings. The first kappa shape index (κ1) is 14.3. The Morgan fingerprint density at radius 3 is 2.47 bits per heavy atom. The summed E-state index contributed by atoms with van der Waals surface area (Å²) in [5, 5.41) is 0.111. The largest absolute Gasteiger partial charge is 0.463 e. The molecule has 0 unspecified atom stereocenters. The summed E-state index contributed by atoms with van der Waals surface area (Å²) in [6.45, 7) is 4.84. The first-order chi connectivity index (χ1) is 9.17. The smallest absolute Gasteiger partial charge is 0.324 e. The Morgan fingerprint density at radius 1 is 1.11 bits per heavy atom. The molecule has 1 heterocycles. The van der Waals surface area contributed by atoms with Gasteiger partial charge in [0.25, 0.3) is 0 Å². The molecule has 0 saturated heterocycles. The number of nitrogens with zero attached hydrogens (tertiary/aromatic N) is 3. The summed E-state index contributed by atoms with van der Waals surface area (Å²) >= 11 is 5.85. The van der Waals surface area contributed by atoms with Crippen LogP contribution in [0.1, 0.15) is 46.0 Å². The molecule has 19 heavy (non-hydrogen) atoms. The zero-order valence-electron chi connectivity index (χ0n) is 11.4. The van der Waals surface area contributed by atoms with Crippen molar-refractivity contribution in [1.82, 2.24) is 15.0 Å². The van der Waals surface area contributed by atoms with Crippen molar-refractivity contribution >= 4 is 11.6 Å². The summed E-state index contributed by atoms with van der Waals surface area (Å²) in [4.78, 5) is 12.0. The third-order valence-electron chi connectivity index (χ3n) is 3.24. The third kappa shape index (κ3) is 4.49. The molecular weight excluding hydrogens is 266 g/mol. The molecule has 0 bridgehead atoms. The number of aromatic nitrogens is 3. The zero-order valence-corrected chi connectivity index (χ0v) is 12.2. The van der Waals surface area contributed by atoms with Crippen LogP contribution in [0, 0.1) is 5.92 Å². The maximum absolute atomic E-state index is 5.85. The maximum atomic E-state index is 5.85. The van der Waals surface area contributed by atoms with Crippen molar-refractivity contribution in [3.05, 3.63) is 5.28 Å². The van der Waals surface area contributed by atoms with E-state index >= 15 is 0 Å². The van der Waals surface area contributed by atoms with Gasteiger partial charge in [0.1, 0.15) is 6.10 Å². The van der Waals surface area contributed by atoms with E-state index in [1.807, 2.05) is 6.92 Å². The van der Waals surface area contributed by atoms with Gasteiger partial charge in [0, 0.05) is 0 Å². The lowest BCUT2D eigenvalue weighted by Crippen LogP contribution is -2.24. The lowest BCUT2D eigenvalue weighted by Gasteiger charge is -2.25. The topological polar surface area (TPSA) is 57.1 Å². The van der Waals surface area contributed by atoms with E-state index in [2.05, 4.69) is 21.9 Å². The predicted octanol–water partition coefficient (Wildman–Crippen LogP) is 3.27. The van der Waals surface area contributed by atoms with Crippen molar-refractivity contribution in [1.29, 1.82) is 0 Å². The quantitative estimate of drug-likeness (QED) is 0.831. The van der Waals surface area contributed by atoms with Gasteiger partial charge in [0.15, 0.2) is 0 Å². The fraction of sp³-hybridized carbons (Fsp3) is 0.769. The van der Waals surface area contributed by atoms with Crippen LogP contribution in [0.2, 0.25) is 5.28 Å². The van der Waals surface area contributed by atoms with Gasteiger partial charge in [-0.25, -0.2) is 0 Å². The van der Waals surface area contributed by atoms with Crippen molar-refractivity contribution in [3.63, 3.8) is 0 Å². The minimum absolute atomic E-state index is 0.111. The molecule has 0 radical (unpaired) electrons. The molecule has 106 valence electrons. The van der Waals surface area contributed by atoms with Crippen LogP contribution in [-0.4, -0.2) is 27.7 Å². The highest BCUT2D eigenvalue weighted by molar-refractivity contribution is 6.28. The van der Waals surface area contributed by atoms with Gasteiger partial charge < -0.3 is 9.47 Å². The maximum Gasteiger partial charge on any atom is 0.324 e. The molecule has 6 heteroatoms. The second-order valence-electron chi connectivity index (χ2n) is 5.02. The summed E-state index contributed by atoms with van der Waals surface area (Å²) in [5.41, 5.74) is 0. The molecule has 1 aromatic heterocycles. The van der Waals surface area contributed by atoms with Crippen molar-refractivity contribution < 1.29 is 9.47 Å². The first-order valence-corrected chi connectivity index (χ1v) is 7.26. The highest BCUT2D eigenvalue weighted by Crippen LogP contribution is 2.26. The summed E-state index contributed by atoms with van der Waals surface area (Å²) in [5.74, 6) is 0.783. The van der Waals surface area contributed by atoms with E-state index in [9.17, 15) is 0 Å². The molecule has 1 aliphatic rings.